The lowest BCUT2D eigenvalue weighted by molar-refractivity contribution is 0.0643. The molecule has 0 radical (unpaired) electrons. The number of amides is 1. The smallest absolute Gasteiger partial charge is 0.253 e. The summed E-state index contributed by atoms with van der Waals surface area (Å²) in [6.45, 7) is 11.7. The van der Waals surface area contributed by atoms with E-state index in [2.05, 4.69) is 23.6 Å². The molecule has 150 valence electrons. The molecule has 2 aliphatic rings. The van der Waals surface area contributed by atoms with Crippen LogP contribution in [0.1, 0.15) is 24.2 Å². The molecule has 0 saturated carbocycles. The molecule has 2 fully saturated rings. The summed E-state index contributed by atoms with van der Waals surface area (Å²) in [5.41, 5.74) is 0.452. The van der Waals surface area contributed by atoms with Crippen LogP contribution < -0.4 is 0 Å². The van der Waals surface area contributed by atoms with E-state index in [0.717, 1.165) is 39.3 Å². The van der Waals surface area contributed by atoms with Crippen LogP contribution in [-0.2, 0) is 10.0 Å². The summed E-state index contributed by atoms with van der Waals surface area (Å²) in [5.74, 6) is -0.0846. The molecule has 0 aliphatic carbocycles. The van der Waals surface area contributed by atoms with Crippen LogP contribution in [0.25, 0.3) is 0 Å². The summed E-state index contributed by atoms with van der Waals surface area (Å²) in [4.78, 5) is 19.4. The summed E-state index contributed by atoms with van der Waals surface area (Å²) in [6.07, 6.45) is 0. The van der Waals surface area contributed by atoms with E-state index >= 15 is 0 Å². The molecule has 2 aliphatic heterocycles. The van der Waals surface area contributed by atoms with Gasteiger partial charge in [0, 0.05) is 57.9 Å². The van der Waals surface area contributed by atoms with Gasteiger partial charge in [0.1, 0.15) is 0 Å². The van der Waals surface area contributed by atoms with Crippen molar-refractivity contribution in [2.75, 3.05) is 65.4 Å². The molecule has 3 rings (SSSR count). The molecule has 2 saturated heterocycles. The molecule has 0 bridgehead atoms. The second-order valence-electron chi connectivity index (χ2n) is 7.09. The van der Waals surface area contributed by atoms with Gasteiger partial charge in [0.15, 0.2) is 0 Å². The van der Waals surface area contributed by atoms with Gasteiger partial charge in [0.2, 0.25) is 10.0 Å². The van der Waals surface area contributed by atoms with Gasteiger partial charge in [-0.25, -0.2) is 8.42 Å². The van der Waals surface area contributed by atoms with Gasteiger partial charge in [-0.05, 0) is 31.3 Å². The van der Waals surface area contributed by atoms with E-state index < -0.39 is 10.0 Å². The van der Waals surface area contributed by atoms with E-state index in [-0.39, 0.29) is 10.8 Å². The Balaban J connectivity index is 1.72. The van der Waals surface area contributed by atoms with Crippen molar-refractivity contribution in [2.45, 2.75) is 18.7 Å². The number of hydrogen-bond donors (Lipinski definition) is 0. The minimum Gasteiger partial charge on any atom is -0.336 e. The first kappa shape index (κ1) is 20.3. The number of likely N-dealkylation sites (N-methyl/N-ethyl adjacent to an activating group) is 2. The van der Waals surface area contributed by atoms with Crippen LogP contribution in [0.3, 0.4) is 0 Å². The third-order valence-corrected chi connectivity index (χ3v) is 7.50. The first-order chi connectivity index (χ1) is 13.0. The minimum atomic E-state index is -3.57. The van der Waals surface area contributed by atoms with Crippen LogP contribution in [0.5, 0.6) is 0 Å². The van der Waals surface area contributed by atoms with Crippen LogP contribution >= 0.6 is 0 Å². The minimum absolute atomic E-state index is 0.0846. The molecule has 1 amide bonds. The van der Waals surface area contributed by atoms with Crippen molar-refractivity contribution in [3.05, 3.63) is 29.8 Å². The zero-order chi connectivity index (χ0) is 19.4. The average Bonchev–Trinajstić information content (AvgIpc) is 2.73. The predicted octanol–water partition coefficient (Wildman–Crippen LogP) is 0.791. The molecule has 0 aromatic heterocycles. The highest BCUT2D eigenvalue weighted by atomic mass is 32.2. The zero-order valence-corrected chi connectivity index (χ0v) is 17.1. The maximum atomic E-state index is 13.0. The fourth-order valence-electron chi connectivity index (χ4n) is 3.67. The quantitative estimate of drug-likeness (QED) is 0.739. The summed E-state index contributed by atoms with van der Waals surface area (Å²) < 4.78 is 27.5. The lowest BCUT2D eigenvalue weighted by atomic mass is 10.2. The SMILES string of the molecule is CCN1CCN(C(=O)c2cccc(S(=O)(=O)N3CCN(CC)CC3)c2)CC1. The standard InChI is InChI=1S/C19H30N4O3S/c1-3-20-8-12-22(13-9-20)19(24)17-6-5-7-18(16-17)27(25,26)23-14-10-21(4-2)11-15-23/h5-7,16H,3-4,8-15H2,1-2H3. The monoisotopic (exact) mass is 394 g/mol. The Morgan fingerprint density at radius 1 is 0.889 bits per heavy atom. The molecule has 0 spiro atoms. The number of rotatable bonds is 5. The zero-order valence-electron chi connectivity index (χ0n) is 16.3. The highest BCUT2D eigenvalue weighted by molar-refractivity contribution is 7.89. The van der Waals surface area contributed by atoms with Gasteiger partial charge in [-0.1, -0.05) is 19.9 Å². The van der Waals surface area contributed by atoms with E-state index in [4.69, 9.17) is 0 Å². The Hall–Kier alpha value is -1.48. The summed E-state index contributed by atoms with van der Waals surface area (Å²) in [5, 5.41) is 0. The Kier molecular flexibility index (Phi) is 6.52. The van der Waals surface area contributed by atoms with Crippen molar-refractivity contribution in [1.29, 1.82) is 0 Å². The first-order valence-corrected chi connectivity index (χ1v) is 11.2. The third-order valence-electron chi connectivity index (χ3n) is 5.60. The van der Waals surface area contributed by atoms with Gasteiger partial charge in [-0.15, -0.1) is 0 Å². The number of carbonyl (C=O) groups is 1. The van der Waals surface area contributed by atoms with Crippen LogP contribution in [0.15, 0.2) is 29.2 Å². The van der Waals surface area contributed by atoms with Crippen molar-refractivity contribution in [1.82, 2.24) is 19.0 Å². The first-order valence-electron chi connectivity index (χ1n) is 9.80. The number of piperazine rings is 2. The van der Waals surface area contributed by atoms with Crippen LogP contribution in [0.4, 0.5) is 0 Å². The van der Waals surface area contributed by atoms with E-state index in [0.29, 0.717) is 31.7 Å². The average molecular weight is 395 g/mol. The molecular formula is C19H30N4O3S. The molecule has 0 unspecified atom stereocenters. The molecule has 7 nitrogen and oxygen atoms in total. The fraction of sp³-hybridized carbons (Fsp3) is 0.632. The van der Waals surface area contributed by atoms with E-state index in [9.17, 15) is 13.2 Å². The highest BCUT2D eigenvalue weighted by Gasteiger charge is 2.29. The van der Waals surface area contributed by atoms with Crippen LogP contribution in [0.2, 0.25) is 0 Å². The van der Waals surface area contributed by atoms with Gasteiger partial charge >= 0.3 is 0 Å². The van der Waals surface area contributed by atoms with Crippen molar-refractivity contribution in [3.63, 3.8) is 0 Å². The van der Waals surface area contributed by atoms with Gasteiger partial charge in [-0.2, -0.15) is 4.31 Å². The van der Waals surface area contributed by atoms with Crippen LogP contribution in [0, 0.1) is 0 Å². The van der Waals surface area contributed by atoms with E-state index in [1.807, 2.05) is 4.90 Å². The molecule has 27 heavy (non-hydrogen) atoms. The van der Waals surface area contributed by atoms with Gasteiger partial charge in [0.25, 0.3) is 5.91 Å². The lowest BCUT2D eigenvalue weighted by Crippen LogP contribution is -2.49. The summed E-state index contributed by atoms with van der Waals surface area (Å²) >= 11 is 0. The lowest BCUT2D eigenvalue weighted by Gasteiger charge is -2.34. The number of carbonyl (C=O) groups excluding carboxylic acids is 1. The number of benzene rings is 1. The maximum absolute atomic E-state index is 13.0. The van der Waals surface area contributed by atoms with Crippen molar-refractivity contribution in [2.24, 2.45) is 0 Å². The fourth-order valence-corrected chi connectivity index (χ4v) is 5.14. The Labute approximate surface area is 162 Å². The van der Waals surface area contributed by atoms with Gasteiger partial charge in [-0.3, -0.25) is 4.79 Å². The Morgan fingerprint density at radius 3 is 2.00 bits per heavy atom. The van der Waals surface area contributed by atoms with E-state index in [1.54, 1.807) is 18.2 Å². The molecule has 0 N–H and O–H groups in total. The topological polar surface area (TPSA) is 64.2 Å². The van der Waals surface area contributed by atoms with Gasteiger partial charge < -0.3 is 14.7 Å². The highest BCUT2D eigenvalue weighted by Crippen LogP contribution is 2.20. The molecule has 0 atom stereocenters. The molecular weight excluding hydrogens is 364 g/mol. The van der Waals surface area contributed by atoms with Crippen molar-refractivity contribution in [3.8, 4) is 0 Å². The Morgan fingerprint density at radius 2 is 1.44 bits per heavy atom. The predicted molar refractivity (Wildman–Crippen MR) is 105 cm³/mol. The van der Waals surface area contributed by atoms with Gasteiger partial charge in [0.05, 0.1) is 4.90 Å². The largest absolute Gasteiger partial charge is 0.336 e. The molecule has 1 aromatic rings. The third kappa shape index (κ3) is 4.51. The number of hydrogen-bond acceptors (Lipinski definition) is 5. The number of sulfonamides is 1. The molecule has 1 aromatic carbocycles. The second-order valence-corrected chi connectivity index (χ2v) is 9.03. The second kappa shape index (κ2) is 8.68. The van der Waals surface area contributed by atoms with Crippen LogP contribution in [-0.4, -0.2) is 98.8 Å². The number of nitrogens with zero attached hydrogens (tertiary/aromatic N) is 4. The summed E-state index contributed by atoms with van der Waals surface area (Å²) in [7, 11) is -3.57. The normalized spacial score (nSPS) is 20.7. The maximum Gasteiger partial charge on any atom is 0.253 e. The van der Waals surface area contributed by atoms with E-state index in [1.165, 1.54) is 10.4 Å². The summed E-state index contributed by atoms with van der Waals surface area (Å²) in [6, 6.07) is 6.51. The Bertz CT molecular complexity index is 752. The molecule has 2 heterocycles. The van der Waals surface area contributed by atoms with Crippen molar-refractivity contribution >= 4 is 15.9 Å². The molecule has 8 heteroatoms. The van der Waals surface area contributed by atoms with Crippen molar-refractivity contribution < 1.29 is 13.2 Å².